The largest absolute Gasteiger partial charge is 0.493 e. The molecule has 21 heavy (non-hydrogen) atoms. The zero-order valence-corrected chi connectivity index (χ0v) is 14.0. The van der Waals surface area contributed by atoms with Crippen LogP contribution in [0.5, 0.6) is 11.5 Å². The van der Waals surface area contributed by atoms with Gasteiger partial charge in [-0.2, -0.15) is 0 Å². The van der Waals surface area contributed by atoms with Gasteiger partial charge in [-0.25, -0.2) is 0 Å². The summed E-state index contributed by atoms with van der Waals surface area (Å²) in [5, 5.41) is 2.89. The summed E-state index contributed by atoms with van der Waals surface area (Å²) in [6.45, 7) is 0.491. The normalized spacial score (nSPS) is 10.0. The van der Waals surface area contributed by atoms with Gasteiger partial charge >= 0.3 is 0 Å². The van der Waals surface area contributed by atoms with Gasteiger partial charge in [0.15, 0.2) is 11.5 Å². The van der Waals surface area contributed by atoms with Crippen molar-refractivity contribution in [1.82, 2.24) is 5.32 Å². The standard InChI is InChI=1S/C16H16INO3/c1-20-14-9-12(8-13(17)15(14)21-2)16(19)18-10-11-6-4-3-5-7-11/h3-9H,10H2,1-2H3,(H,18,19). The van der Waals surface area contributed by atoms with Gasteiger partial charge < -0.3 is 14.8 Å². The number of methoxy groups -OCH3 is 2. The second-order valence-corrected chi connectivity index (χ2v) is 5.52. The number of carbonyl (C=O) groups is 1. The lowest BCUT2D eigenvalue weighted by atomic mass is 10.1. The molecule has 0 aliphatic carbocycles. The Kier molecular flexibility index (Phi) is 5.44. The fraction of sp³-hybridized carbons (Fsp3) is 0.188. The van der Waals surface area contributed by atoms with Gasteiger partial charge in [0.1, 0.15) is 0 Å². The minimum Gasteiger partial charge on any atom is -0.493 e. The van der Waals surface area contributed by atoms with E-state index < -0.39 is 0 Å². The minimum absolute atomic E-state index is 0.141. The molecule has 2 aromatic rings. The zero-order valence-electron chi connectivity index (χ0n) is 11.9. The van der Waals surface area contributed by atoms with E-state index >= 15 is 0 Å². The van der Waals surface area contributed by atoms with Crippen LogP contribution in [0.1, 0.15) is 15.9 Å². The van der Waals surface area contributed by atoms with Crippen LogP contribution >= 0.6 is 22.6 Å². The van der Waals surface area contributed by atoms with E-state index in [9.17, 15) is 4.79 Å². The first-order chi connectivity index (χ1) is 10.2. The smallest absolute Gasteiger partial charge is 0.251 e. The van der Waals surface area contributed by atoms with Crippen LogP contribution in [0.3, 0.4) is 0 Å². The summed E-state index contributed by atoms with van der Waals surface area (Å²) < 4.78 is 11.4. The maximum atomic E-state index is 12.2. The Bertz CT molecular complexity index is 629. The van der Waals surface area contributed by atoms with Crippen molar-refractivity contribution in [3.8, 4) is 11.5 Å². The number of halogens is 1. The van der Waals surface area contributed by atoms with E-state index in [0.29, 0.717) is 23.6 Å². The highest BCUT2D eigenvalue weighted by atomic mass is 127. The summed E-state index contributed by atoms with van der Waals surface area (Å²) in [4.78, 5) is 12.2. The van der Waals surface area contributed by atoms with E-state index in [4.69, 9.17) is 9.47 Å². The highest BCUT2D eigenvalue weighted by Gasteiger charge is 2.14. The molecule has 4 nitrogen and oxygen atoms in total. The molecule has 0 unspecified atom stereocenters. The van der Waals surface area contributed by atoms with Crippen molar-refractivity contribution in [3.05, 3.63) is 57.2 Å². The molecule has 5 heteroatoms. The summed E-state index contributed by atoms with van der Waals surface area (Å²) in [5.41, 5.74) is 1.61. The van der Waals surface area contributed by atoms with Crippen molar-refractivity contribution < 1.29 is 14.3 Å². The fourth-order valence-corrected chi connectivity index (χ4v) is 2.75. The molecule has 2 aromatic carbocycles. The Hall–Kier alpha value is -1.76. The first-order valence-electron chi connectivity index (χ1n) is 6.39. The number of nitrogens with one attached hydrogen (secondary N) is 1. The van der Waals surface area contributed by atoms with Crippen LogP contribution in [0, 0.1) is 3.57 Å². The lowest BCUT2D eigenvalue weighted by molar-refractivity contribution is 0.0950. The molecule has 0 atom stereocenters. The van der Waals surface area contributed by atoms with Gasteiger partial charge in [-0.15, -0.1) is 0 Å². The third kappa shape index (κ3) is 3.87. The van der Waals surface area contributed by atoms with E-state index in [2.05, 4.69) is 27.9 Å². The van der Waals surface area contributed by atoms with Crippen LogP contribution in [0.15, 0.2) is 42.5 Å². The SMILES string of the molecule is COc1cc(C(=O)NCc2ccccc2)cc(I)c1OC. The van der Waals surface area contributed by atoms with Crippen molar-refractivity contribution >= 4 is 28.5 Å². The molecule has 0 saturated carbocycles. The number of benzene rings is 2. The van der Waals surface area contributed by atoms with Crippen LogP contribution < -0.4 is 14.8 Å². The Labute approximate surface area is 137 Å². The molecule has 1 N–H and O–H groups in total. The Morgan fingerprint density at radius 3 is 2.48 bits per heavy atom. The van der Waals surface area contributed by atoms with Gasteiger partial charge in [-0.3, -0.25) is 4.79 Å². The molecule has 1 amide bonds. The molecule has 0 spiro atoms. The monoisotopic (exact) mass is 397 g/mol. The highest BCUT2D eigenvalue weighted by Crippen LogP contribution is 2.33. The van der Waals surface area contributed by atoms with Gasteiger partial charge in [0, 0.05) is 12.1 Å². The van der Waals surface area contributed by atoms with Crippen molar-refractivity contribution in [3.63, 3.8) is 0 Å². The number of hydrogen-bond donors (Lipinski definition) is 1. The summed E-state index contributed by atoms with van der Waals surface area (Å²) in [7, 11) is 3.13. The minimum atomic E-state index is -0.141. The molecule has 0 aliphatic rings. The summed E-state index contributed by atoms with van der Waals surface area (Å²) in [6.07, 6.45) is 0. The molecule has 110 valence electrons. The molecular weight excluding hydrogens is 381 g/mol. The van der Waals surface area contributed by atoms with Gasteiger partial charge in [0.25, 0.3) is 5.91 Å². The topological polar surface area (TPSA) is 47.6 Å². The van der Waals surface area contributed by atoms with E-state index in [1.165, 1.54) is 0 Å². The van der Waals surface area contributed by atoms with Crippen LogP contribution in [-0.4, -0.2) is 20.1 Å². The lowest BCUT2D eigenvalue weighted by Crippen LogP contribution is -2.23. The molecule has 0 aromatic heterocycles. The van der Waals surface area contributed by atoms with E-state index in [0.717, 1.165) is 9.13 Å². The molecular formula is C16H16INO3. The third-order valence-corrected chi connectivity index (χ3v) is 3.79. The van der Waals surface area contributed by atoms with Crippen LogP contribution in [0.2, 0.25) is 0 Å². The maximum Gasteiger partial charge on any atom is 0.251 e. The average Bonchev–Trinajstić information content (AvgIpc) is 2.52. The van der Waals surface area contributed by atoms with Gasteiger partial charge in [-0.05, 0) is 40.3 Å². The number of rotatable bonds is 5. The van der Waals surface area contributed by atoms with E-state index in [-0.39, 0.29) is 5.91 Å². The van der Waals surface area contributed by atoms with Crippen LogP contribution in [-0.2, 0) is 6.54 Å². The molecule has 0 aliphatic heterocycles. The van der Waals surface area contributed by atoms with Crippen LogP contribution in [0.25, 0.3) is 0 Å². The number of amides is 1. The van der Waals surface area contributed by atoms with E-state index in [1.54, 1.807) is 26.4 Å². The predicted octanol–water partition coefficient (Wildman–Crippen LogP) is 3.24. The van der Waals surface area contributed by atoms with Gasteiger partial charge in [0.05, 0.1) is 17.8 Å². The van der Waals surface area contributed by atoms with Gasteiger partial charge in [-0.1, -0.05) is 30.3 Å². The molecule has 0 bridgehead atoms. The third-order valence-electron chi connectivity index (χ3n) is 2.99. The van der Waals surface area contributed by atoms with Crippen molar-refractivity contribution in [2.24, 2.45) is 0 Å². The molecule has 2 rings (SSSR count). The number of hydrogen-bond acceptors (Lipinski definition) is 3. The van der Waals surface area contributed by atoms with E-state index in [1.807, 2.05) is 30.3 Å². The molecule has 0 heterocycles. The summed E-state index contributed by atoms with van der Waals surface area (Å²) in [5.74, 6) is 1.05. The number of carbonyl (C=O) groups excluding carboxylic acids is 1. The zero-order chi connectivity index (χ0) is 15.2. The summed E-state index contributed by atoms with van der Waals surface area (Å²) >= 11 is 2.12. The number of ether oxygens (including phenoxy) is 2. The lowest BCUT2D eigenvalue weighted by Gasteiger charge is -2.12. The average molecular weight is 397 g/mol. The predicted molar refractivity (Wildman–Crippen MR) is 89.9 cm³/mol. The highest BCUT2D eigenvalue weighted by molar-refractivity contribution is 14.1. The summed E-state index contributed by atoms with van der Waals surface area (Å²) in [6, 6.07) is 13.2. The second-order valence-electron chi connectivity index (χ2n) is 4.36. The Balaban J connectivity index is 2.14. The van der Waals surface area contributed by atoms with Crippen molar-refractivity contribution in [1.29, 1.82) is 0 Å². The molecule has 0 saturated heterocycles. The molecule has 0 fully saturated rings. The van der Waals surface area contributed by atoms with Crippen molar-refractivity contribution in [2.45, 2.75) is 6.54 Å². The van der Waals surface area contributed by atoms with Crippen molar-refractivity contribution in [2.75, 3.05) is 14.2 Å². The molecule has 0 radical (unpaired) electrons. The maximum absolute atomic E-state index is 12.2. The van der Waals surface area contributed by atoms with Crippen LogP contribution in [0.4, 0.5) is 0 Å². The first-order valence-corrected chi connectivity index (χ1v) is 7.47. The Morgan fingerprint density at radius 2 is 1.86 bits per heavy atom. The Morgan fingerprint density at radius 1 is 1.14 bits per heavy atom. The van der Waals surface area contributed by atoms with Gasteiger partial charge in [0.2, 0.25) is 0 Å². The first kappa shape index (κ1) is 15.6. The quantitative estimate of drug-likeness (QED) is 0.789. The fourth-order valence-electron chi connectivity index (χ4n) is 1.93. The second kappa shape index (κ2) is 7.31.